The van der Waals surface area contributed by atoms with Crippen LogP contribution in [0.2, 0.25) is 0 Å². The van der Waals surface area contributed by atoms with E-state index in [1.165, 1.54) is 36.3 Å². The number of hydrogen-bond donors (Lipinski definition) is 3. The zero-order valence-corrected chi connectivity index (χ0v) is 42.3. The van der Waals surface area contributed by atoms with Crippen LogP contribution in [0.3, 0.4) is 0 Å². The van der Waals surface area contributed by atoms with E-state index in [2.05, 4.69) is 54.6 Å². The summed E-state index contributed by atoms with van der Waals surface area (Å²) >= 11 is 1.44. The van der Waals surface area contributed by atoms with Crippen LogP contribution in [-0.2, 0) is 29.6 Å². The number of ether oxygens (including phenoxy) is 1. The average molecular weight is 1000 g/mol. The van der Waals surface area contributed by atoms with Gasteiger partial charge in [0.25, 0.3) is 5.91 Å². The molecule has 7 aromatic rings. The van der Waals surface area contributed by atoms with E-state index in [0.29, 0.717) is 60.3 Å². The summed E-state index contributed by atoms with van der Waals surface area (Å²) in [4.78, 5) is 67.3. The van der Waals surface area contributed by atoms with Gasteiger partial charge in [-0.3, -0.25) is 34.6 Å². The van der Waals surface area contributed by atoms with Crippen molar-refractivity contribution < 1.29 is 29.0 Å². The maximum Gasteiger partial charge on any atom is 0.355 e. The molecule has 3 aromatic heterocycles. The minimum Gasteiger partial charge on any atom is -0.490 e. The monoisotopic (exact) mass is 999 g/mol. The summed E-state index contributed by atoms with van der Waals surface area (Å²) < 4.78 is 9.55. The summed E-state index contributed by atoms with van der Waals surface area (Å²) in [6.07, 6.45) is 9.56. The van der Waals surface area contributed by atoms with Crippen molar-refractivity contribution in [2.24, 2.45) is 13.0 Å². The van der Waals surface area contributed by atoms with Crippen molar-refractivity contribution in [3.05, 3.63) is 125 Å². The van der Waals surface area contributed by atoms with Gasteiger partial charge in [0.1, 0.15) is 11.6 Å². The highest BCUT2D eigenvalue weighted by Crippen LogP contribution is 2.38. The molecule has 73 heavy (non-hydrogen) atoms. The topological polar surface area (TPSA) is 175 Å². The molecular formula is C57H61N9O6S. The number of piperidine rings is 1. The van der Waals surface area contributed by atoms with E-state index in [1.807, 2.05) is 85.4 Å². The highest BCUT2D eigenvalue weighted by Gasteiger charge is 2.33. The number of rotatable bonds is 14. The summed E-state index contributed by atoms with van der Waals surface area (Å²) in [7, 11) is 1.92. The van der Waals surface area contributed by atoms with Crippen LogP contribution >= 0.6 is 11.3 Å². The molecule has 0 radical (unpaired) electrons. The van der Waals surface area contributed by atoms with Crippen LogP contribution in [0.5, 0.6) is 5.75 Å². The van der Waals surface area contributed by atoms with Crippen molar-refractivity contribution in [1.82, 2.24) is 30.0 Å². The lowest BCUT2D eigenvalue weighted by Gasteiger charge is -2.36. The normalized spacial score (nSPS) is 19.5. The number of aromatic nitrogens is 4. The zero-order chi connectivity index (χ0) is 50.2. The van der Waals surface area contributed by atoms with Crippen LogP contribution in [0.4, 0.5) is 16.6 Å². The van der Waals surface area contributed by atoms with Gasteiger partial charge < -0.3 is 19.6 Å². The molecule has 2 saturated heterocycles. The van der Waals surface area contributed by atoms with E-state index >= 15 is 0 Å². The first kappa shape index (κ1) is 48.1. The molecule has 3 aliphatic heterocycles. The minimum absolute atomic E-state index is 0.0169. The fraction of sp³-hybridized carbons (Fsp3) is 0.386. The molecule has 0 bridgehead atoms. The number of anilines is 3. The number of carboxylic acids is 1. The number of carbonyl (C=O) groups is 4. The lowest BCUT2D eigenvalue weighted by atomic mass is 9.84. The Kier molecular flexibility index (Phi) is 13.7. The van der Waals surface area contributed by atoms with Crippen LogP contribution in [0, 0.1) is 12.8 Å². The van der Waals surface area contributed by atoms with Gasteiger partial charge in [0.05, 0.1) is 33.4 Å². The first-order valence-electron chi connectivity index (χ1n) is 25.8. The SMILES string of the molecule is Cc1c(O[C@H]2CC[C@H](CCCCN3CCN(c4ccc5c(C6CCC(=O)NC6=O)nn(C)c5c4)CC3)CC2)cccc1-c1ccc(N2CCc3cccc(C(=O)Nc4nc5ccccc5s4)c3C2)nc1C(=O)O. The number of amides is 3. The van der Waals surface area contributed by atoms with E-state index in [9.17, 15) is 24.3 Å². The van der Waals surface area contributed by atoms with E-state index in [4.69, 9.17) is 14.8 Å². The number of nitrogens with one attached hydrogen (secondary N) is 2. The third kappa shape index (κ3) is 10.1. The number of imide groups is 1. The first-order chi connectivity index (χ1) is 35.5. The summed E-state index contributed by atoms with van der Waals surface area (Å²) in [5.74, 6) is -0.172. The number of unbranched alkanes of at least 4 members (excludes halogenated alkanes) is 1. The van der Waals surface area contributed by atoms with Gasteiger partial charge in [-0.05, 0) is 141 Å². The van der Waals surface area contributed by atoms with Crippen molar-refractivity contribution in [3.63, 3.8) is 0 Å². The number of benzene rings is 4. The van der Waals surface area contributed by atoms with Gasteiger partial charge in [-0.1, -0.05) is 60.6 Å². The molecule has 3 fully saturated rings. The predicted molar refractivity (Wildman–Crippen MR) is 285 cm³/mol. The molecule has 6 heterocycles. The number of carboxylic acid groups (broad SMARTS) is 1. The van der Waals surface area contributed by atoms with Crippen molar-refractivity contribution in [2.45, 2.75) is 89.7 Å². The number of nitrogens with zero attached hydrogens (tertiary/aromatic N) is 7. The van der Waals surface area contributed by atoms with Crippen LogP contribution in [0.1, 0.15) is 107 Å². The zero-order valence-electron chi connectivity index (χ0n) is 41.4. The van der Waals surface area contributed by atoms with Crippen LogP contribution < -0.4 is 25.2 Å². The highest BCUT2D eigenvalue weighted by atomic mass is 32.1. The molecule has 3 amide bonds. The summed E-state index contributed by atoms with van der Waals surface area (Å²) in [6, 6.07) is 29.6. The van der Waals surface area contributed by atoms with Crippen LogP contribution in [0.25, 0.3) is 32.2 Å². The summed E-state index contributed by atoms with van der Waals surface area (Å²) in [5.41, 5.74) is 8.53. The van der Waals surface area contributed by atoms with Gasteiger partial charge >= 0.3 is 5.97 Å². The molecule has 4 aromatic carbocycles. The minimum atomic E-state index is -1.10. The van der Waals surface area contributed by atoms with E-state index in [0.717, 1.165) is 113 Å². The number of piperazine rings is 1. The van der Waals surface area contributed by atoms with Gasteiger partial charge in [-0.2, -0.15) is 5.10 Å². The molecular weight excluding hydrogens is 939 g/mol. The number of aryl methyl sites for hydroxylation is 1. The first-order valence-corrected chi connectivity index (χ1v) is 26.7. The van der Waals surface area contributed by atoms with Crippen molar-refractivity contribution in [1.29, 1.82) is 0 Å². The Bertz CT molecular complexity index is 3210. The average Bonchev–Trinajstić information content (AvgIpc) is 3.97. The summed E-state index contributed by atoms with van der Waals surface area (Å²) in [5, 5.41) is 22.3. The predicted octanol–water partition coefficient (Wildman–Crippen LogP) is 9.52. The number of para-hydroxylation sites is 1. The molecule has 1 unspecified atom stereocenters. The second-order valence-corrected chi connectivity index (χ2v) is 21.2. The molecule has 3 N–H and O–H groups in total. The second kappa shape index (κ2) is 20.7. The maximum atomic E-state index is 13.7. The lowest BCUT2D eigenvalue weighted by molar-refractivity contribution is -0.134. The molecule has 4 aliphatic rings. The Balaban J connectivity index is 0.649. The van der Waals surface area contributed by atoms with Gasteiger partial charge in [-0.25, -0.2) is 14.8 Å². The Labute approximate surface area is 428 Å². The number of carbonyl (C=O) groups excluding carboxylic acids is 3. The Hall–Kier alpha value is -7.17. The lowest BCUT2D eigenvalue weighted by Crippen LogP contribution is -2.46. The highest BCUT2D eigenvalue weighted by molar-refractivity contribution is 7.22. The molecule has 0 spiro atoms. The standard InChI is InChI=1S/C57H61N9O6S/c1-35-40(41-22-24-50(59-53(41)56(70)71)66-28-26-37-10-7-12-42(45(37)34-66)54(68)61-57-58-46-13-3-4-15-49(46)73-57)11-8-14-48(35)72-39-19-16-36(17-20-39)9-5-6-27-64-29-31-65(32-30-64)38-18-21-43-47(33-38)63(2)62-52(43)44-23-25-51(67)60-55(44)69/h3-4,7-8,10-15,18,21-22,24,33,36,39,44H,5-6,9,16-17,19-20,23,25-32,34H2,1-2H3,(H,70,71)(H,58,61,68)(H,60,67,69)/t36-,39-,44?. The maximum absolute atomic E-state index is 13.7. The smallest absolute Gasteiger partial charge is 0.355 e. The number of pyridine rings is 1. The van der Waals surface area contributed by atoms with Crippen LogP contribution in [0.15, 0.2) is 91.0 Å². The van der Waals surface area contributed by atoms with E-state index in [1.54, 1.807) is 0 Å². The van der Waals surface area contributed by atoms with Gasteiger partial charge in [0.2, 0.25) is 11.8 Å². The fourth-order valence-electron chi connectivity index (χ4n) is 11.5. The number of thiazole rings is 1. The number of fused-ring (bicyclic) bond motifs is 3. The quantitative estimate of drug-likeness (QED) is 0.0697. The largest absolute Gasteiger partial charge is 0.490 e. The Morgan fingerprint density at radius 1 is 0.836 bits per heavy atom. The third-order valence-corrected chi connectivity index (χ3v) is 16.6. The van der Waals surface area contributed by atoms with Crippen molar-refractivity contribution in [2.75, 3.05) is 54.4 Å². The summed E-state index contributed by atoms with van der Waals surface area (Å²) in [6.45, 7) is 8.15. The van der Waals surface area contributed by atoms with Crippen molar-refractivity contribution >= 4 is 72.8 Å². The molecule has 1 atom stereocenters. The molecule has 1 aliphatic carbocycles. The van der Waals surface area contributed by atoms with Gasteiger partial charge in [-0.15, -0.1) is 0 Å². The fourth-order valence-corrected chi connectivity index (χ4v) is 12.4. The molecule has 16 heteroatoms. The Morgan fingerprint density at radius 2 is 1.66 bits per heavy atom. The molecule has 1 saturated carbocycles. The molecule has 376 valence electrons. The van der Waals surface area contributed by atoms with E-state index in [-0.39, 0.29) is 29.5 Å². The molecule has 11 rings (SSSR count). The van der Waals surface area contributed by atoms with Gasteiger partial charge in [0, 0.05) is 74.9 Å². The number of aromatic carboxylic acids is 1. The number of hydrogen-bond acceptors (Lipinski definition) is 12. The van der Waals surface area contributed by atoms with Crippen LogP contribution in [-0.4, -0.2) is 98.8 Å². The van der Waals surface area contributed by atoms with E-state index < -0.39 is 11.9 Å². The molecule has 15 nitrogen and oxygen atoms in total. The second-order valence-electron chi connectivity index (χ2n) is 20.2. The third-order valence-electron chi connectivity index (χ3n) is 15.6. The Morgan fingerprint density at radius 3 is 2.47 bits per heavy atom. The van der Waals surface area contributed by atoms with Crippen molar-refractivity contribution in [3.8, 4) is 16.9 Å². The van der Waals surface area contributed by atoms with Gasteiger partial charge in [0.15, 0.2) is 10.8 Å².